The highest BCUT2D eigenvalue weighted by Crippen LogP contribution is 2.07. The third-order valence-electron chi connectivity index (χ3n) is 2.83. The molecule has 2 rings (SSSR count). The van der Waals surface area contributed by atoms with Crippen LogP contribution in [-0.2, 0) is 16.0 Å². The largest absolute Gasteiger partial charge is 0.463 e. The van der Waals surface area contributed by atoms with Crippen molar-refractivity contribution in [2.75, 3.05) is 6.54 Å². The monoisotopic (exact) mass is 299 g/mol. The van der Waals surface area contributed by atoms with Crippen LogP contribution in [0.5, 0.6) is 0 Å². The van der Waals surface area contributed by atoms with Crippen molar-refractivity contribution in [3.05, 3.63) is 66.6 Å². The molecule has 0 aliphatic carbocycles. The molecule has 0 aliphatic heterocycles. The van der Waals surface area contributed by atoms with E-state index in [2.05, 4.69) is 22.7 Å². The van der Waals surface area contributed by atoms with Crippen molar-refractivity contribution in [2.45, 2.75) is 6.42 Å². The van der Waals surface area contributed by atoms with E-state index in [0.717, 1.165) is 5.56 Å². The maximum Gasteiger partial charge on any atom is 0.257 e. The van der Waals surface area contributed by atoms with Crippen molar-refractivity contribution in [3.8, 4) is 0 Å². The summed E-state index contributed by atoms with van der Waals surface area (Å²) in [6.07, 6.45) is 1.74. The van der Waals surface area contributed by atoms with Crippen LogP contribution in [0.2, 0.25) is 0 Å². The summed E-state index contributed by atoms with van der Waals surface area (Å²) in [5, 5.41) is 2.55. The molecule has 0 spiro atoms. The molecule has 0 atom stereocenters. The van der Waals surface area contributed by atoms with Crippen LogP contribution in [0.3, 0.4) is 0 Å². The Morgan fingerprint density at radius 2 is 1.77 bits per heavy atom. The molecular weight excluding hydrogens is 282 g/mol. The summed E-state index contributed by atoms with van der Waals surface area (Å²) in [5.41, 5.74) is 6.36. The van der Waals surface area contributed by atoms with E-state index < -0.39 is 0 Å². The number of rotatable bonds is 7. The van der Waals surface area contributed by atoms with E-state index in [-0.39, 0.29) is 24.8 Å². The van der Waals surface area contributed by atoms with Gasteiger partial charge in [0, 0.05) is 0 Å². The number of hydrogen-bond donors (Lipinski definition) is 3. The average molecular weight is 299 g/mol. The zero-order valence-corrected chi connectivity index (χ0v) is 12.0. The lowest BCUT2D eigenvalue weighted by atomic mass is 10.1. The Bertz CT molecular complexity index is 636. The fourth-order valence-corrected chi connectivity index (χ4v) is 1.72. The number of nitrogens with one attached hydrogen (secondary N) is 3. The van der Waals surface area contributed by atoms with E-state index in [1.807, 2.05) is 30.3 Å². The Balaban J connectivity index is 1.67. The molecule has 6 nitrogen and oxygen atoms in total. The molecule has 0 fully saturated rings. The molecule has 3 N–H and O–H groups in total. The van der Waals surface area contributed by atoms with Crippen LogP contribution < -0.4 is 16.2 Å². The van der Waals surface area contributed by atoms with Crippen molar-refractivity contribution in [1.82, 2.24) is 16.2 Å². The molecule has 1 aromatic carbocycles. The highest BCUT2D eigenvalue weighted by Gasteiger charge is 2.07. The van der Waals surface area contributed by atoms with Crippen molar-refractivity contribution in [2.24, 2.45) is 0 Å². The third kappa shape index (κ3) is 4.82. The van der Waals surface area contributed by atoms with Crippen LogP contribution in [0.15, 0.2) is 59.7 Å². The van der Waals surface area contributed by atoms with Gasteiger partial charge >= 0.3 is 0 Å². The molecule has 114 valence electrons. The van der Waals surface area contributed by atoms with Crippen molar-refractivity contribution in [1.29, 1.82) is 0 Å². The van der Waals surface area contributed by atoms with Crippen LogP contribution in [0.25, 0.3) is 5.70 Å². The third-order valence-corrected chi connectivity index (χ3v) is 2.83. The smallest absolute Gasteiger partial charge is 0.257 e. The van der Waals surface area contributed by atoms with Crippen LogP contribution in [0.4, 0.5) is 0 Å². The number of hydrogen-bond acceptors (Lipinski definition) is 4. The molecule has 1 heterocycles. The van der Waals surface area contributed by atoms with Gasteiger partial charge in [-0.1, -0.05) is 36.9 Å². The van der Waals surface area contributed by atoms with Gasteiger partial charge in [-0.3, -0.25) is 20.4 Å². The molecule has 0 radical (unpaired) electrons. The number of benzene rings is 1. The van der Waals surface area contributed by atoms with E-state index in [0.29, 0.717) is 11.5 Å². The molecule has 0 aliphatic rings. The van der Waals surface area contributed by atoms with Crippen molar-refractivity contribution in [3.63, 3.8) is 0 Å². The Hall–Kier alpha value is -3.02. The van der Waals surface area contributed by atoms with Gasteiger partial charge in [0.1, 0.15) is 0 Å². The number of hydrazine groups is 1. The quantitative estimate of drug-likeness (QED) is 0.672. The molecule has 22 heavy (non-hydrogen) atoms. The molecule has 0 saturated carbocycles. The Kier molecular flexibility index (Phi) is 5.37. The number of amides is 2. The Morgan fingerprint density at radius 3 is 2.45 bits per heavy atom. The number of furan rings is 1. The van der Waals surface area contributed by atoms with Gasteiger partial charge in [0.2, 0.25) is 5.91 Å². The van der Waals surface area contributed by atoms with E-state index in [1.165, 1.54) is 6.26 Å². The summed E-state index contributed by atoms with van der Waals surface area (Å²) in [6, 6.07) is 12.7. The first-order valence-electron chi connectivity index (χ1n) is 6.73. The first-order valence-corrected chi connectivity index (χ1v) is 6.73. The van der Waals surface area contributed by atoms with Crippen LogP contribution in [-0.4, -0.2) is 18.4 Å². The lowest BCUT2D eigenvalue weighted by Crippen LogP contribution is -2.43. The zero-order valence-electron chi connectivity index (χ0n) is 12.0. The SMILES string of the molecule is C=C(NNC(=O)CNC(=O)Cc1ccccc1)c1ccco1. The molecule has 1 aromatic heterocycles. The first kappa shape index (κ1) is 15.4. The summed E-state index contributed by atoms with van der Waals surface area (Å²) in [6.45, 7) is 3.59. The highest BCUT2D eigenvalue weighted by molar-refractivity contribution is 5.85. The van der Waals surface area contributed by atoms with Gasteiger partial charge in [-0.2, -0.15) is 0 Å². The predicted molar refractivity (Wildman–Crippen MR) is 82.2 cm³/mol. The second kappa shape index (κ2) is 7.68. The summed E-state index contributed by atoms with van der Waals surface area (Å²) in [7, 11) is 0. The van der Waals surface area contributed by atoms with Gasteiger partial charge < -0.3 is 9.73 Å². The molecule has 0 bridgehead atoms. The van der Waals surface area contributed by atoms with E-state index in [1.54, 1.807) is 12.1 Å². The minimum Gasteiger partial charge on any atom is -0.463 e. The minimum absolute atomic E-state index is 0.121. The van der Waals surface area contributed by atoms with Gasteiger partial charge in [0.15, 0.2) is 5.76 Å². The summed E-state index contributed by atoms with van der Waals surface area (Å²) < 4.78 is 5.11. The van der Waals surface area contributed by atoms with Gasteiger partial charge in [0.05, 0.1) is 24.9 Å². The van der Waals surface area contributed by atoms with E-state index in [4.69, 9.17) is 4.42 Å². The summed E-state index contributed by atoms with van der Waals surface area (Å²) in [5.74, 6) is -0.0752. The van der Waals surface area contributed by atoms with Crippen molar-refractivity contribution >= 4 is 17.5 Å². The van der Waals surface area contributed by atoms with Crippen LogP contribution >= 0.6 is 0 Å². The van der Waals surface area contributed by atoms with Gasteiger partial charge in [0.25, 0.3) is 5.91 Å². The summed E-state index contributed by atoms with van der Waals surface area (Å²) >= 11 is 0. The molecule has 2 amide bonds. The molecule has 6 heteroatoms. The van der Waals surface area contributed by atoms with E-state index >= 15 is 0 Å². The maximum atomic E-state index is 11.7. The normalized spacial score (nSPS) is 9.82. The van der Waals surface area contributed by atoms with Gasteiger partial charge in [-0.05, 0) is 17.7 Å². The fraction of sp³-hybridized carbons (Fsp3) is 0.125. The average Bonchev–Trinajstić information content (AvgIpc) is 3.06. The Morgan fingerprint density at radius 1 is 1.00 bits per heavy atom. The lowest BCUT2D eigenvalue weighted by Gasteiger charge is -2.10. The predicted octanol–water partition coefficient (Wildman–Crippen LogP) is 1.23. The van der Waals surface area contributed by atoms with E-state index in [9.17, 15) is 9.59 Å². The standard InChI is InChI=1S/C16H17N3O3/c1-12(14-8-5-9-22-14)18-19-16(21)11-17-15(20)10-13-6-3-2-4-7-13/h2-9,18H,1,10-11H2,(H,17,20)(H,19,21). The molecular formula is C16H17N3O3. The Labute approximate surface area is 128 Å². The molecule has 2 aromatic rings. The zero-order chi connectivity index (χ0) is 15.8. The number of carbonyl (C=O) groups is 2. The van der Waals surface area contributed by atoms with Gasteiger partial charge in [-0.15, -0.1) is 0 Å². The van der Waals surface area contributed by atoms with Crippen LogP contribution in [0, 0.1) is 0 Å². The molecule has 0 saturated heterocycles. The second-order valence-corrected chi connectivity index (χ2v) is 4.57. The first-order chi connectivity index (χ1) is 10.6. The van der Waals surface area contributed by atoms with Crippen molar-refractivity contribution < 1.29 is 14.0 Å². The number of carbonyl (C=O) groups excluding carboxylic acids is 2. The highest BCUT2D eigenvalue weighted by atomic mass is 16.3. The topological polar surface area (TPSA) is 83.4 Å². The molecule has 0 unspecified atom stereocenters. The minimum atomic E-state index is -0.380. The van der Waals surface area contributed by atoms with Gasteiger partial charge in [-0.25, -0.2) is 0 Å². The lowest BCUT2D eigenvalue weighted by molar-refractivity contribution is -0.126. The van der Waals surface area contributed by atoms with Crippen LogP contribution in [0.1, 0.15) is 11.3 Å². The summed E-state index contributed by atoms with van der Waals surface area (Å²) in [4.78, 5) is 23.3. The fourth-order valence-electron chi connectivity index (χ4n) is 1.72. The second-order valence-electron chi connectivity index (χ2n) is 4.57. The maximum absolute atomic E-state index is 11.7.